The van der Waals surface area contributed by atoms with Crippen molar-refractivity contribution < 1.29 is 9.53 Å². The fourth-order valence-corrected chi connectivity index (χ4v) is 1.60. The molecule has 1 amide bonds. The standard InChI is InChI=1S/C9H14N4O2/c10-7-5-11-13-9(7)12-8(14)4-6-2-1-3-15-6/h5-6H,1-4,10H2,(H2,11,12,13,14). The van der Waals surface area contributed by atoms with E-state index in [9.17, 15) is 4.79 Å². The van der Waals surface area contributed by atoms with Crippen LogP contribution >= 0.6 is 0 Å². The predicted octanol–water partition coefficient (Wildman–Crippen LogP) is 0.499. The number of hydrogen-bond donors (Lipinski definition) is 3. The van der Waals surface area contributed by atoms with Crippen LogP contribution in [0.1, 0.15) is 19.3 Å². The molecule has 2 heterocycles. The summed E-state index contributed by atoms with van der Waals surface area (Å²) in [4.78, 5) is 11.5. The van der Waals surface area contributed by atoms with Gasteiger partial charge in [-0.2, -0.15) is 5.10 Å². The molecule has 2 rings (SSSR count). The van der Waals surface area contributed by atoms with Crippen LogP contribution in [0.5, 0.6) is 0 Å². The van der Waals surface area contributed by atoms with Gasteiger partial charge in [-0.1, -0.05) is 0 Å². The number of amides is 1. The van der Waals surface area contributed by atoms with Crippen LogP contribution in [0, 0.1) is 0 Å². The van der Waals surface area contributed by atoms with E-state index in [1.54, 1.807) is 0 Å². The van der Waals surface area contributed by atoms with Gasteiger partial charge in [0, 0.05) is 6.61 Å². The predicted molar refractivity (Wildman–Crippen MR) is 55.2 cm³/mol. The fraction of sp³-hybridized carbons (Fsp3) is 0.556. The van der Waals surface area contributed by atoms with Crippen LogP contribution in [0.4, 0.5) is 11.5 Å². The molecule has 0 saturated carbocycles. The largest absolute Gasteiger partial charge is 0.394 e. The lowest BCUT2D eigenvalue weighted by molar-refractivity contribution is -0.118. The third kappa shape index (κ3) is 2.47. The number of hydrogen-bond acceptors (Lipinski definition) is 4. The normalized spacial score (nSPS) is 20.4. The van der Waals surface area contributed by atoms with Crippen LogP contribution in [0.15, 0.2) is 6.20 Å². The van der Waals surface area contributed by atoms with Gasteiger partial charge >= 0.3 is 0 Å². The number of nitrogens with one attached hydrogen (secondary N) is 2. The molecule has 0 radical (unpaired) electrons. The molecular formula is C9H14N4O2. The Labute approximate surface area is 87.2 Å². The minimum absolute atomic E-state index is 0.0501. The Bertz CT molecular complexity index is 344. The molecule has 1 fully saturated rings. The third-order valence-corrected chi connectivity index (χ3v) is 2.37. The zero-order chi connectivity index (χ0) is 10.7. The Kier molecular flexibility index (Phi) is 2.86. The number of aromatic amines is 1. The van der Waals surface area contributed by atoms with Gasteiger partial charge in [-0.05, 0) is 12.8 Å². The summed E-state index contributed by atoms with van der Waals surface area (Å²) in [6.07, 6.45) is 3.87. The highest BCUT2D eigenvalue weighted by molar-refractivity contribution is 5.92. The molecule has 1 atom stereocenters. The fourth-order valence-electron chi connectivity index (χ4n) is 1.60. The summed E-state index contributed by atoms with van der Waals surface area (Å²) in [6, 6.07) is 0. The van der Waals surface area contributed by atoms with Gasteiger partial charge in [0.05, 0.1) is 24.4 Å². The zero-order valence-corrected chi connectivity index (χ0v) is 8.32. The molecule has 6 heteroatoms. The molecule has 15 heavy (non-hydrogen) atoms. The summed E-state index contributed by atoms with van der Waals surface area (Å²) in [5.41, 5.74) is 6.00. The minimum atomic E-state index is -0.0992. The lowest BCUT2D eigenvalue weighted by Gasteiger charge is -2.08. The highest BCUT2D eigenvalue weighted by Crippen LogP contribution is 2.17. The van der Waals surface area contributed by atoms with E-state index < -0.39 is 0 Å². The van der Waals surface area contributed by atoms with Gasteiger partial charge in [-0.15, -0.1) is 0 Å². The summed E-state index contributed by atoms with van der Waals surface area (Å²) in [7, 11) is 0. The van der Waals surface area contributed by atoms with Crippen LogP contribution in [-0.2, 0) is 9.53 Å². The van der Waals surface area contributed by atoms with E-state index in [0.29, 0.717) is 17.9 Å². The SMILES string of the molecule is Nc1cn[nH]c1NC(=O)CC1CCCO1. The van der Waals surface area contributed by atoms with Crippen molar-refractivity contribution in [1.29, 1.82) is 0 Å². The molecule has 1 aromatic rings. The van der Waals surface area contributed by atoms with Crippen LogP contribution in [0.2, 0.25) is 0 Å². The summed E-state index contributed by atoms with van der Waals surface area (Å²) in [5, 5.41) is 8.98. The quantitative estimate of drug-likeness (QED) is 0.677. The second-order valence-electron chi connectivity index (χ2n) is 3.59. The number of ether oxygens (including phenoxy) is 1. The van der Waals surface area contributed by atoms with Crippen LogP contribution < -0.4 is 11.1 Å². The Morgan fingerprint density at radius 1 is 1.80 bits per heavy atom. The first-order valence-corrected chi connectivity index (χ1v) is 4.96. The van der Waals surface area contributed by atoms with Crippen molar-refractivity contribution in [3.05, 3.63) is 6.20 Å². The van der Waals surface area contributed by atoms with Gasteiger partial charge in [0.1, 0.15) is 0 Å². The summed E-state index contributed by atoms with van der Waals surface area (Å²) >= 11 is 0. The van der Waals surface area contributed by atoms with Gasteiger partial charge in [-0.25, -0.2) is 0 Å². The molecule has 82 valence electrons. The number of nitrogens with two attached hydrogens (primary N) is 1. The van der Waals surface area contributed by atoms with Crippen LogP contribution in [0.25, 0.3) is 0 Å². The Morgan fingerprint density at radius 3 is 3.27 bits per heavy atom. The second-order valence-corrected chi connectivity index (χ2v) is 3.59. The topological polar surface area (TPSA) is 93.0 Å². The van der Waals surface area contributed by atoms with Gasteiger partial charge in [0.15, 0.2) is 5.82 Å². The molecular weight excluding hydrogens is 196 g/mol. The number of anilines is 2. The molecule has 1 aliphatic rings. The molecule has 1 aliphatic heterocycles. The van der Waals surface area contributed by atoms with E-state index in [4.69, 9.17) is 10.5 Å². The van der Waals surface area contributed by atoms with E-state index in [0.717, 1.165) is 19.4 Å². The van der Waals surface area contributed by atoms with Gasteiger partial charge in [0.25, 0.3) is 0 Å². The molecule has 1 saturated heterocycles. The van der Waals surface area contributed by atoms with Crippen molar-refractivity contribution >= 4 is 17.4 Å². The van der Waals surface area contributed by atoms with Crippen molar-refractivity contribution in [2.24, 2.45) is 0 Å². The second kappa shape index (κ2) is 4.31. The molecule has 1 unspecified atom stereocenters. The number of nitrogen functional groups attached to an aromatic ring is 1. The Hall–Kier alpha value is -1.56. The Morgan fingerprint density at radius 2 is 2.67 bits per heavy atom. The smallest absolute Gasteiger partial charge is 0.228 e. The lowest BCUT2D eigenvalue weighted by Crippen LogP contribution is -2.19. The number of aromatic nitrogens is 2. The van der Waals surface area contributed by atoms with E-state index in [2.05, 4.69) is 15.5 Å². The van der Waals surface area contributed by atoms with E-state index in [1.807, 2.05) is 0 Å². The van der Waals surface area contributed by atoms with Crippen molar-refractivity contribution in [3.63, 3.8) is 0 Å². The van der Waals surface area contributed by atoms with E-state index in [1.165, 1.54) is 6.20 Å². The van der Waals surface area contributed by atoms with Gasteiger partial charge in [-0.3, -0.25) is 9.89 Å². The van der Waals surface area contributed by atoms with Crippen LogP contribution in [0.3, 0.4) is 0 Å². The number of carbonyl (C=O) groups excluding carboxylic acids is 1. The monoisotopic (exact) mass is 210 g/mol. The van der Waals surface area contributed by atoms with Crippen molar-refractivity contribution in [1.82, 2.24) is 10.2 Å². The highest BCUT2D eigenvalue weighted by Gasteiger charge is 2.19. The third-order valence-electron chi connectivity index (χ3n) is 2.37. The van der Waals surface area contributed by atoms with Crippen LogP contribution in [-0.4, -0.2) is 28.8 Å². The first-order valence-electron chi connectivity index (χ1n) is 4.96. The average molecular weight is 210 g/mol. The molecule has 0 aromatic carbocycles. The number of nitrogens with zero attached hydrogens (tertiary/aromatic N) is 1. The highest BCUT2D eigenvalue weighted by atomic mass is 16.5. The number of carbonyl (C=O) groups is 1. The van der Waals surface area contributed by atoms with Crippen molar-refractivity contribution in [3.8, 4) is 0 Å². The molecule has 0 spiro atoms. The van der Waals surface area contributed by atoms with Crippen molar-refractivity contribution in [2.45, 2.75) is 25.4 Å². The van der Waals surface area contributed by atoms with Gasteiger partial charge in [0.2, 0.25) is 5.91 Å². The van der Waals surface area contributed by atoms with Crippen molar-refractivity contribution in [2.75, 3.05) is 17.7 Å². The average Bonchev–Trinajstić information content (AvgIpc) is 2.79. The molecule has 0 bridgehead atoms. The summed E-state index contributed by atoms with van der Waals surface area (Å²) < 4.78 is 5.36. The van der Waals surface area contributed by atoms with E-state index in [-0.39, 0.29) is 12.0 Å². The summed E-state index contributed by atoms with van der Waals surface area (Å²) in [5.74, 6) is 0.357. The molecule has 6 nitrogen and oxygen atoms in total. The minimum Gasteiger partial charge on any atom is -0.394 e. The molecule has 1 aromatic heterocycles. The molecule has 0 aliphatic carbocycles. The zero-order valence-electron chi connectivity index (χ0n) is 8.32. The number of H-pyrrole nitrogens is 1. The molecule has 4 N–H and O–H groups in total. The maximum absolute atomic E-state index is 11.5. The maximum atomic E-state index is 11.5. The summed E-state index contributed by atoms with van der Waals surface area (Å²) in [6.45, 7) is 0.754. The number of rotatable bonds is 3. The maximum Gasteiger partial charge on any atom is 0.228 e. The first kappa shape index (κ1) is 9.97. The Balaban J connectivity index is 1.84. The van der Waals surface area contributed by atoms with Gasteiger partial charge < -0.3 is 15.8 Å². The first-order chi connectivity index (χ1) is 7.25. The van der Waals surface area contributed by atoms with E-state index >= 15 is 0 Å². The lowest BCUT2D eigenvalue weighted by atomic mass is 10.2.